The number of likely N-dealkylation sites (tertiary alicyclic amines) is 1. The van der Waals surface area contributed by atoms with E-state index in [0.29, 0.717) is 23.8 Å². The molecule has 2 aromatic carbocycles. The summed E-state index contributed by atoms with van der Waals surface area (Å²) in [5, 5.41) is 3.03. The number of benzene rings is 2. The second-order valence-electron chi connectivity index (χ2n) is 6.84. The van der Waals surface area contributed by atoms with Crippen molar-refractivity contribution in [3.8, 4) is 0 Å². The molecule has 1 aliphatic heterocycles. The SMILES string of the molecule is COC(=O)c1ccc(Cl)c(NC(=O)C2CC(=O)N(Cc3ccc(C)cc3)C2)c1. The van der Waals surface area contributed by atoms with Crippen LogP contribution in [0.3, 0.4) is 0 Å². The van der Waals surface area contributed by atoms with Gasteiger partial charge in [-0.15, -0.1) is 0 Å². The molecule has 0 aromatic heterocycles. The van der Waals surface area contributed by atoms with E-state index in [2.05, 4.69) is 10.1 Å². The van der Waals surface area contributed by atoms with Gasteiger partial charge in [-0.1, -0.05) is 41.4 Å². The number of aryl methyl sites for hydroxylation is 1. The first-order valence-electron chi connectivity index (χ1n) is 8.89. The number of methoxy groups -OCH3 is 1. The van der Waals surface area contributed by atoms with Crippen molar-refractivity contribution in [3.05, 3.63) is 64.2 Å². The Labute approximate surface area is 168 Å². The van der Waals surface area contributed by atoms with Gasteiger partial charge in [0.15, 0.2) is 0 Å². The average Bonchev–Trinajstić information content (AvgIpc) is 3.05. The largest absolute Gasteiger partial charge is 0.465 e. The Hall–Kier alpha value is -2.86. The van der Waals surface area contributed by atoms with Crippen LogP contribution in [-0.4, -0.2) is 36.3 Å². The minimum Gasteiger partial charge on any atom is -0.465 e. The average molecular weight is 401 g/mol. The molecule has 1 heterocycles. The Morgan fingerprint density at radius 3 is 2.61 bits per heavy atom. The maximum atomic E-state index is 12.6. The van der Waals surface area contributed by atoms with Gasteiger partial charge in [0, 0.05) is 19.5 Å². The van der Waals surface area contributed by atoms with Crippen molar-refractivity contribution in [2.75, 3.05) is 19.0 Å². The molecule has 146 valence electrons. The fourth-order valence-corrected chi connectivity index (χ4v) is 3.28. The maximum absolute atomic E-state index is 12.6. The fourth-order valence-electron chi connectivity index (χ4n) is 3.12. The zero-order valence-electron chi connectivity index (χ0n) is 15.7. The Bertz CT molecular complexity index is 911. The van der Waals surface area contributed by atoms with Gasteiger partial charge in [-0.25, -0.2) is 4.79 Å². The summed E-state index contributed by atoms with van der Waals surface area (Å²) in [6.45, 7) is 2.82. The van der Waals surface area contributed by atoms with Crippen LogP contribution in [0.1, 0.15) is 27.9 Å². The van der Waals surface area contributed by atoms with Crippen molar-refractivity contribution in [1.82, 2.24) is 4.90 Å². The molecule has 0 saturated carbocycles. The van der Waals surface area contributed by atoms with Crippen LogP contribution in [0.4, 0.5) is 5.69 Å². The number of rotatable bonds is 5. The van der Waals surface area contributed by atoms with Crippen LogP contribution in [0.5, 0.6) is 0 Å². The topological polar surface area (TPSA) is 75.7 Å². The second kappa shape index (κ2) is 8.44. The summed E-state index contributed by atoms with van der Waals surface area (Å²) in [4.78, 5) is 38.3. The van der Waals surface area contributed by atoms with Crippen LogP contribution in [-0.2, 0) is 20.9 Å². The van der Waals surface area contributed by atoms with E-state index in [4.69, 9.17) is 11.6 Å². The van der Waals surface area contributed by atoms with Gasteiger partial charge in [-0.3, -0.25) is 9.59 Å². The molecule has 1 saturated heterocycles. The second-order valence-corrected chi connectivity index (χ2v) is 7.24. The van der Waals surface area contributed by atoms with Crippen molar-refractivity contribution in [1.29, 1.82) is 0 Å². The molecule has 3 rings (SSSR count). The first-order chi connectivity index (χ1) is 13.4. The summed E-state index contributed by atoms with van der Waals surface area (Å²) in [6.07, 6.45) is 0.145. The summed E-state index contributed by atoms with van der Waals surface area (Å²) in [5.74, 6) is -1.36. The Balaban J connectivity index is 1.66. The molecule has 28 heavy (non-hydrogen) atoms. The third-order valence-electron chi connectivity index (χ3n) is 4.72. The van der Waals surface area contributed by atoms with E-state index in [9.17, 15) is 14.4 Å². The van der Waals surface area contributed by atoms with E-state index >= 15 is 0 Å². The van der Waals surface area contributed by atoms with E-state index in [1.165, 1.54) is 25.3 Å². The lowest BCUT2D eigenvalue weighted by Gasteiger charge is -2.17. The third-order valence-corrected chi connectivity index (χ3v) is 5.05. The number of hydrogen-bond acceptors (Lipinski definition) is 4. The number of esters is 1. The molecule has 0 radical (unpaired) electrons. The van der Waals surface area contributed by atoms with Gasteiger partial charge < -0.3 is 15.0 Å². The molecule has 0 bridgehead atoms. The zero-order chi connectivity index (χ0) is 20.3. The van der Waals surface area contributed by atoms with Gasteiger partial charge in [-0.2, -0.15) is 0 Å². The molecule has 0 aliphatic carbocycles. The predicted molar refractivity (Wildman–Crippen MR) is 106 cm³/mol. The first kappa shape index (κ1) is 19.9. The Kier molecular flexibility index (Phi) is 5.99. The zero-order valence-corrected chi connectivity index (χ0v) is 16.5. The maximum Gasteiger partial charge on any atom is 0.337 e. The highest BCUT2D eigenvalue weighted by Gasteiger charge is 2.34. The molecule has 1 fully saturated rings. The smallest absolute Gasteiger partial charge is 0.337 e. The molecule has 0 spiro atoms. The summed E-state index contributed by atoms with van der Waals surface area (Å²) in [5.41, 5.74) is 2.78. The lowest BCUT2D eigenvalue weighted by molar-refractivity contribution is -0.128. The van der Waals surface area contributed by atoms with Crippen LogP contribution in [0, 0.1) is 12.8 Å². The molecule has 1 N–H and O–H groups in total. The highest BCUT2D eigenvalue weighted by molar-refractivity contribution is 6.34. The number of amides is 2. The predicted octanol–water partition coefficient (Wildman–Crippen LogP) is 3.42. The van der Waals surface area contributed by atoms with Crippen LogP contribution in [0.2, 0.25) is 5.02 Å². The summed E-state index contributed by atoms with van der Waals surface area (Å²) >= 11 is 6.13. The van der Waals surface area contributed by atoms with E-state index in [1.54, 1.807) is 4.90 Å². The van der Waals surface area contributed by atoms with Crippen molar-refractivity contribution in [3.63, 3.8) is 0 Å². The van der Waals surface area contributed by atoms with Gasteiger partial charge in [-0.05, 0) is 30.7 Å². The number of nitrogens with one attached hydrogen (secondary N) is 1. The van der Waals surface area contributed by atoms with E-state index in [-0.39, 0.29) is 23.8 Å². The summed E-state index contributed by atoms with van der Waals surface area (Å²) in [7, 11) is 1.28. The van der Waals surface area contributed by atoms with Crippen LogP contribution < -0.4 is 5.32 Å². The van der Waals surface area contributed by atoms with Crippen LogP contribution >= 0.6 is 11.6 Å². The van der Waals surface area contributed by atoms with Gasteiger partial charge in [0.05, 0.1) is 29.3 Å². The molecule has 1 aliphatic rings. The van der Waals surface area contributed by atoms with E-state index in [1.807, 2.05) is 31.2 Å². The fraction of sp³-hybridized carbons (Fsp3) is 0.286. The molecular weight excluding hydrogens is 380 g/mol. The number of carbonyl (C=O) groups is 3. The lowest BCUT2D eigenvalue weighted by Crippen LogP contribution is -2.28. The molecule has 6 nitrogen and oxygen atoms in total. The van der Waals surface area contributed by atoms with Crippen molar-refractivity contribution < 1.29 is 19.1 Å². The molecule has 1 atom stereocenters. The molecule has 1 unspecified atom stereocenters. The van der Waals surface area contributed by atoms with Gasteiger partial charge in [0.1, 0.15) is 0 Å². The van der Waals surface area contributed by atoms with Crippen molar-refractivity contribution in [2.45, 2.75) is 19.9 Å². The standard InChI is InChI=1S/C21H21ClN2O4/c1-13-3-5-14(6-4-13)11-24-12-16(10-19(24)25)20(26)23-18-9-15(21(27)28-2)7-8-17(18)22/h3-9,16H,10-12H2,1-2H3,(H,23,26). The molecular formula is C21H21ClN2O4. The van der Waals surface area contributed by atoms with Gasteiger partial charge >= 0.3 is 5.97 Å². The van der Waals surface area contributed by atoms with Crippen LogP contribution in [0.25, 0.3) is 0 Å². The van der Waals surface area contributed by atoms with E-state index < -0.39 is 11.9 Å². The number of nitrogens with zero attached hydrogens (tertiary/aromatic N) is 1. The van der Waals surface area contributed by atoms with Crippen LogP contribution in [0.15, 0.2) is 42.5 Å². The normalized spacial score (nSPS) is 16.2. The van der Waals surface area contributed by atoms with Gasteiger partial charge in [0.2, 0.25) is 11.8 Å². The highest BCUT2D eigenvalue weighted by atomic mass is 35.5. The number of ether oxygens (including phenoxy) is 1. The minimum atomic E-state index is -0.521. The first-order valence-corrected chi connectivity index (χ1v) is 9.27. The third kappa shape index (κ3) is 4.51. The van der Waals surface area contributed by atoms with E-state index in [0.717, 1.165) is 11.1 Å². The van der Waals surface area contributed by atoms with Crippen molar-refractivity contribution in [2.24, 2.45) is 5.92 Å². The van der Waals surface area contributed by atoms with Gasteiger partial charge in [0.25, 0.3) is 0 Å². The minimum absolute atomic E-state index is 0.0601. The number of carbonyl (C=O) groups excluding carboxylic acids is 3. The molecule has 2 amide bonds. The quantitative estimate of drug-likeness (QED) is 0.780. The Morgan fingerprint density at radius 2 is 1.93 bits per heavy atom. The number of anilines is 1. The summed E-state index contributed by atoms with van der Waals surface area (Å²) in [6, 6.07) is 12.5. The number of halogens is 1. The summed E-state index contributed by atoms with van der Waals surface area (Å²) < 4.78 is 4.68. The molecule has 2 aromatic rings. The molecule has 7 heteroatoms. The number of hydrogen-bond donors (Lipinski definition) is 1. The highest BCUT2D eigenvalue weighted by Crippen LogP contribution is 2.26. The van der Waals surface area contributed by atoms with Crippen molar-refractivity contribution >= 4 is 35.1 Å². The Morgan fingerprint density at radius 1 is 1.21 bits per heavy atom. The lowest BCUT2D eigenvalue weighted by atomic mass is 10.1. The monoisotopic (exact) mass is 400 g/mol.